The van der Waals surface area contributed by atoms with E-state index in [2.05, 4.69) is 0 Å². The van der Waals surface area contributed by atoms with Gasteiger partial charge in [-0.15, -0.1) is 0 Å². The van der Waals surface area contributed by atoms with E-state index >= 15 is 0 Å². The summed E-state index contributed by atoms with van der Waals surface area (Å²) in [4.78, 5) is 10.5. The van der Waals surface area contributed by atoms with Crippen molar-refractivity contribution in [1.82, 2.24) is 6.15 Å². The first kappa shape index (κ1) is 11.4. The quantitative estimate of drug-likeness (QED) is 0.651. The van der Waals surface area contributed by atoms with E-state index in [0.717, 1.165) is 25.7 Å². The lowest BCUT2D eigenvalue weighted by atomic mass is 9.91. The molecule has 1 aliphatic rings. The van der Waals surface area contributed by atoms with Gasteiger partial charge in [-0.05, 0) is 18.8 Å². The molecule has 0 unspecified atom stereocenters. The van der Waals surface area contributed by atoms with Gasteiger partial charge in [-0.1, -0.05) is 32.1 Å². The van der Waals surface area contributed by atoms with Gasteiger partial charge in [0.15, 0.2) is 0 Å². The van der Waals surface area contributed by atoms with Crippen LogP contribution in [0.25, 0.3) is 0 Å². The summed E-state index contributed by atoms with van der Waals surface area (Å²) in [5.74, 6) is -0.998. The first-order valence-corrected chi connectivity index (χ1v) is 4.51. The molecule has 1 aliphatic carbocycles. The van der Waals surface area contributed by atoms with E-state index < -0.39 is 5.97 Å². The van der Waals surface area contributed by atoms with Gasteiger partial charge < -0.3 is 16.1 Å². The fourth-order valence-electron chi connectivity index (χ4n) is 1.69. The van der Waals surface area contributed by atoms with Crippen LogP contribution in [0.3, 0.4) is 0 Å². The fraction of sp³-hybridized carbons (Fsp3) is 0.889. The van der Waals surface area contributed by atoms with E-state index in [1.54, 1.807) is 0 Å². The first-order valence-electron chi connectivity index (χ1n) is 4.51. The zero-order valence-corrected chi connectivity index (χ0v) is 7.84. The van der Waals surface area contributed by atoms with Crippen LogP contribution < -0.4 is 11.3 Å². The van der Waals surface area contributed by atoms with Gasteiger partial charge in [0.05, 0.1) is 0 Å². The van der Waals surface area contributed by atoms with E-state index in [1.165, 1.54) is 19.3 Å². The second kappa shape index (κ2) is 6.00. The molecular formula is C9H19NO2. The number of hydrogen-bond donors (Lipinski definition) is 1. The first-order chi connectivity index (χ1) is 5.30. The van der Waals surface area contributed by atoms with Crippen molar-refractivity contribution in [2.45, 2.75) is 44.9 Å². The van der Waals surface area contributed by atoms with Crippen LogP contribution in [-0.2, 0) is 4.79 Å². The molecule has 3 heteroatoms. The molecule has 0 spiro atoms. The van der Waals surface area contributed by atoms with Crippen molar-refractivity contribution in [2.75, 3.05) is 0 Å². The Morgan fingerprint density at radius 3 is 1.83 bits per heavy atom. The van der Waals surface area contributed by atoms with Gasteiger partial charge in [0.25, 0.3) is 0 Å². The molecule has 0 saturated heterocycles. The Kier molecular flexibility index (Phi) is 5.72. The monoisotopic (exact) mass is 173 g/mol. The summed E-state index contributed by atoms with van der Waals surface area (Å²) in [6.07, 6.45) is 7.48. The Morgan fingerprint density at radius 1 is 1.00 bits per heavy atom. The van der Waals surface area contributed by atoms with Gasteiger partial charge in [-0.3, -0.25) is 0 Å². The highest BCUT2D eigenvalue weighted by Crippen LogP contribution is 2.21. The predicted molar refractivity (Wildman–Crippen MR) is 46.8 cm³/mol. The summed E-state index contributed by atoms with van der Waals surface area (Å²) in [7, 11) is 0. The van der Waals surface area contributed by atoms with Crippen LogP contribution in [-0.4, -0.2) is 5.97 Å². The number of rotatable bonds is 1. The third-order valence-corrected chi connectivity index (χ3v) is 2.44. The van der Waals surface area contributed by atoms with Crippen LogP contribution in [0.1, 0.15) is 44.9 Å². The van der Waals surface area contributed by atoms with Crippen molar-refractivity contribution in [2.24, 2.45) is 5.92 Å². The number of carboxylic acids is 1. The molecule has 0 aromatic rings. The summed E-state index contributed by atoms with van der Waals surface area (Å²) in [5.41, 5.74) is 0. The lowest BCUT2D eigenvalue weighted by Gasteiger charge is -2.19. The van der Waals surface area contributed by atoms with Gasteiger partial charge in [0.1, 0.15) is 0 Å². The minimum Gasteiger partial charge on any atom is -0.550 e. The molecule has 72 valence electrons. The lowest BCUT2D eigenvalue weighted by molar-refractivity contribution is -0.312. The normalized spacial score (nSPS) is 20.3. The van der Waals surface area contributed by atoms with Crippen molar-refractivity contribution in [3.63, 3.8) is 0 Å². The Bertz CT molecular complexity index is 128. The highest BCUT2D eigenvalue weighted by Gasteiger charge is 2.11. The highest BCUT2D eigenvalue weighted by atomic mass is 16.4. The summed E-state index contributed by atoms with van der Waals surface area (Å²) in [6, 6.07) is 0. The van der Waals surface area contributed by atoms with Crippen molar-refractivity contribution >= 4 is 5.97 Å². The van der Waals surface area contributed by atoms with E-state index in [4.69, 9.17) is 0 Å². The van der Waals surface area contributed by atoms with Gasteiger partial charge in [-0.25, -0.2) is 0 Å². The SMILES string of the molecule is O=C([O-])C1CCCCCCC1.[NH4+]. The maximum Gasteiger partial charge on any atom is 0.0445 e. The zero-order chi connectivity index (χ0) is 8.10. The second-order valence-electron chi connectivity index (χ2n) is 3.36. The molecule has 1 rings (SSSR count). The largest absolute Gasteiger partial charge is 0.550 e. The number of carbonyl (C=O) groups excluding carboxylic acids is 1. The second-order valence-corrected chi connectivity index (χ2v) is 3.36. The molecule has 0 radical (unpaired) electrons. The third kappa shape index (κ3) is 3.72. The van der Waals surface area contributed by atoms with Crippen molar-refractivity contribution in [3.05, 3.63) is 0 Å². The van der Waals surface area contributed by atoms with Gasteiger partial charge >= 0.3 is 0 Å². The summed E-state index contributed by atoms with van der Waals surface area (Å²) < 4.78 is 0. The lowest BCUT2D eigenvalue weighted by Crippen LogP contribution is -2.31. The number of quaternary nitrogens is 1. The average molecular weight is 173 g/mol. The molecule has 0 bridgehead atoms. The van der Waals surface area contributed by atoms with Gasteiger partial charge in [-0.2, -0.15) is 0 Å². The Hall–Kier alpha value is -0.570. The van der Waals surface area contributed by atoms with Crippen molar-refractivity contribution < 1.29 is 9.90 Å². The van der Waals surface area contributed by atoms with Crippen LogP contribution in [0, 0.1) is 5.92 Å². The topological polar surface area (TPSA) is 76.6 Å². The highest BCUT2D eigenvalue weighted by molar-refractivity contribution is 5.67. The average Bonchev–Trinajstić information content (AvgIpc) is 1.84. The Morgan fingerprint density at radius 2 is 1.42 bits per heavy atom. The molecule has 0 aromatic heterocycles. The van der Waals surface area contributed by atoms with Crippen LogP contribution in [0.4, 0.5) is 0 Å². The maximum atomic E-state index is 10.5. The molecule has 0 aliphatic heterocycles. The number of hydrogen-bond acceptors (Lipinski definition) is 2. The summed E-state index contributed by atoms with van der Waals surface area (Å²) >= 11 is 0. The molecule has 0 amide bonds. The van der Waals surface area contributed by atoms with Crippen molar-refractivity contribution in [3.8, 4) is 0 Å². The molecule has 1 saturated carbocycles. The van der Waals surface area contributed by atoms with Gasteiger partial charge in [0.2, 0.25) is 0 Å². The molecule has 4 N–H and O–H groups in total. The number of carboxylic acid groups (broad SMARTS) is 1. The third-order valence-electron chi connectivity index (χ3n) is 2.44. The minimum absolute atomic E-state index is 0. The smallest absolute Gasteiger partial charge is 0.0445 e. The number of carbonyl (C=O) groups is 1. The molecule has 0 heterocycles. The van der Waals surface area contributed by atoms with E-state index in [1.807, 2.05) is 0 Å². The molecule has 1 fully saturated rings. The van der Waals surface area contributed by atoms with Crippen molar-refractivity contribution in [1.29, 1.82) is 0 Å². The minimum atomic E-state index is -0.841. The Labute approximate surface area is 73.7 Å². The fourth-order valence-corrected chi connectivity index (χ4v) is 1.69. The van der Waals surface area contributed by atoms with Crippen LogP contribution >= 0.6 is 0 Å². The van der Waals surface area contributed by atoms with Crippen LogP contribution in [0.2, 0.25) is 0 Å². The molecular weight excluding hydrogens is 154 g/mol. The van der Waals surface area contributed by atoms with Gasteiger partial charge in [0, 0.05) is 5.97 Å². The summed E-state index contributed by atoms with van der Waals surface area (Å²) in [5, 5.41) is 10.5. The molecule has 0 aromatic carbocycles. The number of aliphatic carboxylic acids is 1. The Balaban J connectivity index is 0.00000121. The zero-order valence-electron chi connectivity index (χ0n) is 7.84. The van der Waals surface area contributed by atoms with Crippen LogP contribution in [0.5, 0.6) is 0 Å². The predicted octanol–water partition coefficient (Wildman–Crippen LogP) is 1.47. The summed E-state index contributed by atoms with van der Waals surface area (Å²) in [6.45, 7) is 0. The maximum absolute atomic E-state index is 10.5. The van der Waals surface area contributed by atoms with E-state index in [9.17, 15) is 9.90 Å². The van der Waals surface area contributed by atoms with Crippen LogP contribution in [0.15, 0.2) is 0 Å². The van der Waals surface area contributed by atoms with E-state index in [0.29, 0.717) is 0 Å². The van der Waals surface area contributed by atoms with E-state index in [-0.39, 0.29) is 12.1 Å². The molecule has 3 nitrogen and oxygen atoms in total. The standard InChI is InChI=1S/C9H16O2.H3N/c10-9(11)8-6-4-2-1-3-5-7-8;/h8H,1-7H2,(H,10,11);1H3. The molecule has 0 atom stereocenters. The molecule has 12 heavy (non-hydrogen) atoms.